The summed E-state index contributed by atoms with van der Waals surface area (Å²) < 4.78 is 5.09. The van der Waals surface area contributed by atoms with E-state index in [1.165, 1.54) is 5.57 Å². The predicted molar refractivity (Wildman–Crippen MR) is 58.4 cm³/mol. The average Bonchev–Trinajstić information content (AvgIpc) is 2.24. The molecule has 3 nitrogen and oxygen atoms in total. The van der Waals surface area contributed by atoms with Crippen molar-refractivity contribution in [2.24, 2.45) is 11.8 Å². The first kappa shape index (κ1) is 10.7. The Bertz CT molecular complexity index is 285. The first-order valence-corrected chi connectivity index (χ1v) is 5.79. The van der Waals surface area contributed by atoms with Gasteiger partial charge in [-0.15, -0.1) is 0 Å². The molecule has 0 aromatic carbocycles. The van der Waals surface area contributed by atoms with Crippen LogP contribution in [0, 0.1) is 11.8 Å². The lowest BCUT2D eigenvalue weighted by Gasteiger charge is -2.39. The zero-order valence-corrected chi connectivity index (χ0v) is 9.45. The van der Waals surface area contributed by atoms with Gasteiger partial charge in [-0.3, -0.25) is 4.79 Å². The predicted octanol–water partition coefficient (Wildman–Crippen LogP) is 1.49. The second-order valence-electron chi connectivity index (χ2n) is 4.53. The number of esters is 1. The molecule has 2 rings (SSSR count). The quantitative estimate of drug-likeness (QED) is 0.553. The number of piperidine rings is 1. The third-order valence-electron chi connectivity index (χ3n) is 3.51. The molecule has 0 amide bonds. The third-order valence-corrected chi connectivity index (χ3v) is 3.51. The minimum absolute atomic E-state index is 0.0874. The molecule has 3 heteroatoms. The van der Waals surface area contributed by atoms with Gasteiger partial charge in [0.15, 0.2) is 0 Å². The van der Waals surface area contributed by atoms with Crippen molar-refractivity contribution in [1.82, 2.24) is 5.32 Å². The molecule has 0 saturated carbocycles. The van der Waals surface area contributed by atoms with Crippen LogP contribution < -0.4 is 5.32 Å². The highest BCUT2D eigenvalue weighted by molar-refractivity contribution is 5.77. The molecule has 0 aromatic rings. The Morgan fingerprint density at radius 3 is 3.20 bits per heavy atom. The molecule has 84 valence electrons. The van der Waals surface area contributed by atoms with E-state index < -0.39 is 0 Å². The van der Waals surface area contributed by atoms with Gasteiger partial charge in [0.05, 0.1) is 6.61 Å². The van der Waals surface area contributed by atoms with E-state index in [2.05, 4.69) is 18.3 Å². The SMILES string of the molecule is CCOC(=O)[C@@H]1NC[C@@H]2CC=C(C)[C@H]1C2. The minimum atomic E-state index is -0.113. The molecular formula is C12H19NO2. The summed E-state index contributed by atoms with van der Waals surface area (Å²) in [5.74, 6) is 0.983. The molecule has 1 N–H and O–H groups in total. The fourth-order valence-corrected chi connectivity index (χ4v) is 2.63. The highest BCUT2D eigenvalue weighted by Gasteiger charge is 2.38. The van der Waals surface area contributed by atoms with Crippen LogP contribution in [0.4, 0.5) is 0 Å². The van der Waals surface area contributed by atoms with E-state index in [1.807, 2.05) is 6.92 Å². The van der Waals surface area contributed by atoms with E-state index in [0.29, 0.717) is 18.4 Å². The number of fused-ring (bicyclic) bond motifs is 2. The van der Waals surface area contributed by atoms with Gasteiger partial charge in [0.25, 0.3) is 0 Å². The van der Waals surface area contributed by atoms with Gasteiger partial charge in [-0.1, -0.05) is 11.6 Å². The first-order chi connectivity index (χ1) is 7.22. The van der Waals surface area contributed by atoms with Crippen LogP contribution in [-0.2, 0) is 9.53 Å². The summed E-state index contributed by atoms with van der Waals surface area (Å²) in [5.41, 5.74) is 1.34. The van der Waals surface area contributed by atoms with Gasteiger partial charge in [-0.25, -0.2) is 0 Å². The number of rotatable bonds is 2. The molecule has 1 heterocycles. The summed E-state index contributed by atoms with van der Waals surface area (Å²) in [5, 5.41) is 3.32. The molecule has 0 radical (unpaired) electrons. The lowest BCUT2D eigenvalue weighted by molar-refractivity contribution is -0.147. The number of hydrogen-bond acceptors (Lipinski definition) is 3. The molecule has 1 aliphatic carbocycles. The molecule has 2 aliphatic rings. The van der Waals surface area contributed by atoms with Crippen molar-refractivity contribution in [3.8, 4) is 0 Å². The molecule has 1 saturated heterocycles. The van der Waals surface area contributed by atoms with Crippen LogP contribution in [0.1, 0.15) is 26.7 Å². The van der Waals surface area contributed by atoms with Crippen LogP contribution in [0.5, 0.6) is 0 Å². The Labute approximate surface area is 90.9 Å². The Kier molecular flexibility index (Phi) is 3.10. The second-order valence-corrected chi connectivity index (χ2v) is 4.53. The number of allylic oxidation sites excluding steroid dienone is 1. The monoisotopic (exact) mass is 209 g/mol. The zero-order valence-electron chi connectivity index (χ0n) is 9.45. The molecule has 0 aromatic heterocycles. The lowest BCUT2D eigenvalue weighted by atomic mass is 9.75. The Balaban J connectivity index is 2.09. The van der Waals surface area contributed by atoms with Crippen molar-refractivity contribution in [3.63, 3.8) is 0 Å². The smallest absolute Gasteiger partial charge is 0.323 e. The highest BCUT2D eigenvalue weighted by atomic mass is 16.5. The summed E-state index contributed by atoms with van der Waals surface area (Å²) in [6.45, 7) is 5.40. The lowest BCUT2D eigenvalue weighted by Crippen LogP contribution is -2.52. The van der Waals surface area contributed by atoms with Gasteiger partial charge in [0.1, 0.15) is 6.04 Å². The van der Waals surface area contributed by atoms with Gasteiger partial charge < -0.3 is 10.1 Å². The van der Waals surface area contributed by atoms with E-state index in [-0.39, 0.29) is 12.0 Å². The van der Waals surface area contributed by atoms with E-state index in [0.717, 1.165) is 19.4 Å². The van der Waals surface area contributed by atoms with Crippen molar-refractivity contribution in [1.29, 1.82) is 0 Å². The fourth-order valence-electron chi connectivity index (χ4n) is 2.63. The van der Waals surface area contributed by atoms with Crippen molar-refractivity contribution >= 4 is 5.97 Å². The van der Waals surface area contributed by atoms with Gasteiger partial charge in [0, 0.05) is 5.92 Å². The first-order valence-electron chi connectivity index (χ1n) is 5.79. The van der Waals surface area contributed by atoms with Crippen LogP contribution >= 0.6 is 0 Å². The molecule has 15 heavy (non-hydrogen) atoms. The topological polar surface area (TPSA) is 38.3 Å². The minimum Gasteiger partial charge on any atom is -0.465 e. The van der Waals surface area contributed by atoms with E-state index in [1.54, 1.807) is 0 Å². The highest BCUT2D eigenvalue weighted by Crippen LogP contribution is 2.34. The second kappa shape index (κ2) is 4.35. The standard InChI is InChI=1S/C12H19NO2/c1-3-15-12(14)11-10-6-9(7-13-11)5-4-8(10)2/h4,9-11,13H,3,5-7H2,1-2H3/t9-,10-,11-/m1/s1. The molecule has 0 spiro atoms. The average molecular weight is 209 g/mol. The summed E-state index contributed by atoms with van der Waals surface area (Å²) in [4.78, 5) is 11.7. The van der Waals surface area contributed by atoms with Crippen LogP contribution in [0.3, 0.4) is 0 Å². The fraction of sp³-hybridized carbons (Fsp3) is 0.750. The summed E-state index contributed by atoms with van der Waals surface area (Å²) in [6, 6.07) is -0.113. The number of carbonyl (C=O) groups excluding carboxylic acids is 1. The molecule has 0 unspecified atom stereocenters. The van der Waals surface area contributed by atoms with Crippen LogP contribution in [-0.4, -0.2) is 25.2 Å². The summed E-state index contributed by atoms with van der Waals surface area (Å²) >= 11 is 0. The van der Waals surface area contributed by atoms with Crippen LogP contribution in [0.15, 0.2) is 11.6 Å². The van der Waals surface area contributed by atoms with Crippen LogP contribution in [0.2, 0.25) is 0 Å². The van der Waals surface area contributed by atoms with E-state index in [9.17, 15) is 4.79 Å². The Morgan fingerprint density at radius 1 is 1.67 bits per heavy atom. The molecule has 1 fully saturated rings. The van der Waals surface area contributed by atoms with Crippen molar-refractivity contribution in [3.05, 3.63) is 11.6 Å². The number of carbonyl (C=O) groups is 1. The maximum Gasteiger partial charge on any atom is 0.323 e. The third kappa shape index (κ3) is 2.07. The van der Waals surface area contributed by atoms with Gasteiger partial charge in [-0.05, 0) is 39.2 Å². The maximum atomic E-state index is 11.7. The van der Waals surface area contributed by atoms with E-state index in [4.69, 9.17) is 4.74 Å². The number of ether oxygens (including phenoxy) is 1. The van der Waals surface area contributed by atoms with Crippen molar-refractivity contribution in [2.75, 3.05) is 13.2 Å². The number of nitrogens with one attached hydrogen (secondary N) is 1. The van der Waals surface area contributed by atoms with Crippen molar-refractivity contribution in [2.45, 2.75) is 32.7 Å². The Morgan fingerprint density at radius 2 is 2.47 bits per heavy atom. The number of hydrogen-bond donors (Lipinski definition) is 1. The molecule has 2 bridgehead atoms. The van der Waals surface area contributed by atoms with E-state index >= 15 is 0 Å². The zero-order chi connectivity index (χ0) is 10.8. The molecular weight excluding hydrogens is 190 g/mol. The van der Waals surface area contributed by atoms with Crippen LogP contribution in [0.25, 0.3) is 0 Å². The van der Waals surface area contributed by atoms with Gasteiger partial charge in [-0.2, -0.15) is 0 Å². The largest absolute Gasteiger partial charge is 0.465 e. The van der Waals surface area contributed by atoms with Gasteiger partial charge in [0.2, 0.25) is 0 Å². The van der Waals surface area contributed by atoms with Gasteiger partial charge >= 0.3 is 5.97 Å². The molecule has 1 aliphatic heterocycles. The molecule has 3 atom stereocenters. The maximum absolute atomic E-state index is 11.7. The Hall–Kier alpha value is -0.830. The summed E-state index contributed by atoms with van der Waals surface area (Å²) in [7, 11) is 0. The normalized spacial score (nSPS) is 34.5. The van der Waals surface area contributed by atoms with Crippen molar-refractivity contribution < 1.29 is 9.53 Å². The summed E-state index contributed by atoms with van der Waals surface area (Å²) in [6.07, 6.45) is 4.58.